The number of benzene rings is 1. The van der Waals surface area contributed by atoms with Crippen LogP contribution in [0.2, 0.25) is 5.02 Å². The summed E-state index contributed by atoms with van der Waals surface area (Å²) < 4.78 is 1.60. The molecule has 3 nitrogen and oxygen atoms in total. The topological polar surface area (TPSA) is 48.0 Å². The van der Waals surface area contributed by atoms with E-state index < -0.39 is 0 Å². The van der Waals surface area contributed by atoms with E-state index in [2.05, 4.69) is 0 Å². The predicted molar refractivity (Wildman–Crippen MR) is 66.8 cm³/mol. The standard InChI is InChI=1S/C12H13ClN2O/c1-7(14)10-6-8-5-9(13)3-4-11(8)15(2)12(10)16/h3-7H,14H2,1-2H3/t7-/m0/s1. The van der Waals surface area contributed by atoms with Gasteiger partial charge >= 0.3 is 0 Å². The molecule has 2 aromatic rings. The van der Waals surface area contributed by atoms with Crippen LogP contribution in [0.15, 0.2) is 29.1 Å². The van der Waals surface area contributed by atoms with Crippen molar-refractivity contribution in [2.45, 2.75) is 13.0 Å². The monoisotopic (exact) mass is 236 g/mol. The van der Waals surface area contributed by atoms with Gasteiger partial charge in [0.1, 0.15) is 0 Å². The maximum atomic E-state index is 12.0. The van der Waals surface area contributed by atoms with Crippen molar-refractivity contribution in [3.05, 3.63) is 45.2 Å². The molecule has 16 heavy (non-hydrogen) atoms. The lowest BCUT2D eigenvalue weighted by molar-refractivity contribution is 0.772. The molecule has 4 heteroatoms. The van der Waals surface area contributed by atoms with Gasteiger partial charge in [-0.3, -0.25) is 4.79 Å². The zero-order chi connectivity index (χ0) is 11.9. The summed E-state index contributed by atoms with van der Waals surface area (Å²) in [5.74, 6) is 0. The van der Waals surface area contributed by atoms with Crippen molar-refractivity contribution in [2.75, 3.05) is 0 Å². The van der Waals surface area contributed by atoms with Crippen molar-refractivity contribution in [3.63, 3.8) is 0 Å². The summed E-state index contributed by atoms with van der Waals surface area (Å²) in [6.45, 7) is 1.80. The number of aryl methyl sites for hydroxylation is 1. The van der Waals surface area contributed by atoms with Gasteiger partial charge in [0.15, 0.2) is 0 Å². The molecule has 1 aromatic heterocycles. The van der Waals surface area contributed by atoms with Gasteiger partial charge < -0.3 is 10.3 Å². The summed E-state index contributed by atoms with van der Waals surface area (Å²) in [4.78, 5) is 12.0. The van der Waals surface area contributed by atoms with E-state index in [1.165, 1.54) is 0 Å². The van der Waals surface area contributed by atoms with Crippen molar-refractivity contribution < 1.29 is 0 Å². The van der Waals surface area contributed by atoms with Crippen LogP contribution in [-0.2, 0) is 7.05 Å². The molecule has 0 fully saturated rings. The first-order chi connectivity index (χ1) is 7.50. The third-order valence-corrected chi connectivity index (χ3v) is 2.94. The second-order valence-electron chi connectivity index (χ2n) is 3.96. The summed E-state index contributed by atoms with van der Waals surface area (Å²) in [6, 6.07) is 6.98. The summed E-state index contributed by atoms with van der Waals surface area (Å²) in [5.41, 5.74) is 7.18. The van der Waals surface area contributed by atoms with Crippen LogP contribution in [0, 0.1) is 0 Å². The Hall–Kier alpha value is -1.32. The van der Waals surface area contributed by atoms with Gasteiger partial charge in [-0.05, 0) is 31.2 Å². The molecule has 0 amide bonds. The smallest absolute Gasteiger partial charge is 0.255 e. The fraction of sp³-hybridized carbons (Fsp3) is 0.250. The van der Waals surface area contributed by atoms with Gasteiger partial charge in [0.05, 0.1) is 5.52 Å². The number of hydrogen-bond donors (Lipinski definition) is 1. The average Bonchev–Trinajstić information content (AvgIpc) is 2.22. The van der Waals surface area contributed by atoms with Crippen molar-refractivity contribution in [3.8, 4) is 0 Å². The van der Waals surface area contributed by atoms with E-state index >= 15 is 0 Å². The van der Waals surface area contributed by atoms with Gasteiger partial charge in [0.2, 0.25) is 0 Å². The Morgan fingerprint density at radius 1 is 1.38 bits per heavy atom. The molecular formula is C12H13ClN2O. The van der Waals surface area contributed by atoms with Gasteiger partial charge in [-0.1, -0.05) is 11.6 Å². The number of hydrogen-bond acceptors (Lipinski definition) is 2. The van der Waals surface area contributed by atoms with Crippen molar-refractivity contribution in [2.24, 2.45) is 12.8 Å². The van der Waals surface area contributed by atoms with Gasteiger partial charge in [-0.2, -0.15) is 0 Å². The van der Waals surface area contributed by atoms with Crippen LogP contribution in [0.25, 0.3) is 10.9 Å². The molecule has 0 bridgehead atoms. The van der Waals surface area contributed by atoms with E-state index in [1.54, 1.807) is 24.6 Å². The van der Waals surface area contributed by atoms with E-state index in [0.717, 1.165) is 10.9 Å². The van der Waals surface area contributed by atoms with Crippen molar-refractivity contribution >= 4 is 22.5 Å². The number of fused-ring (bicyclic) bond motifs is 1. The molecule has 2 N–H and O–H groups in total. The summed E-state index contributed by atoms with van der Waals surface area (Å²) in [7, 11) is 1.74. The average molecular weight is 237 g/mol. The Labute approximate surface area is 98.4 Å². The lowest BCUT2D eigenvalue weighted by Gasteiger charge is -2.11. The third-order valence-electron chi connectivity index (χ3n) is 2.70. The SMILES string of the molecule is C[C@H](N)c1cc2cc(Cl)ccc2n(C)c1=O. The van der Waals surface area contributed by atoms with Gasteiger partial charge in [-0.25, -0.2) is 0 Å². The van der Waals surface area contributed by atoms with Gasteiger partial charge in [-0.15, -0.1) is 0 Å². The molecule has 0 aliphatic carbocycles. The molecule has 0 spiro atoms. The third kappa shape index (κ3) is 1.72. The second kappa shape index (κ2) is 3.92. The highest BCUT2D eigenvalue weighted by atomic mass is 35.5. The lowest BCUT2D eigenvalue weighted by atomic mass is 10.1. The lowest BCUT2D eigenvalue weighted by Crippen LogP contribution is -2.25. The number of aromatic nitrogens is 1. The van der Waals surface area contributed by atoms with Gasteiger partial charge in [0.25, 0.3) is 5.56 Å². The minimum Gasteiger partial charge on any atom is -0.324 e. The molecule has 0 unspecified atom stereocenters. The first-order valence-corrected chi connectivity index (χ1v) is 5.43. The van der Waals surface area contributed by atoms with E-state index in [-0.39, 0.29) is 11.6 Å². The maximum absolute atomic E-state index is 12.0. The van der Waals surface area contributed by atoms with Crippen LogP contribution in [0.5, 0.6) is 0 Å². The first kappa shape index (κ1) is 11.2. The molecule has 84 valence electrons. The quantitative estimate of drug-likeness (QED) is 0.825. The molecule has 1 aromatic carbocycles. The highest BCUT2D eigenvalue weighted by Gasteiger charge is 2.09. The van der Waals surface area contributed by atoms with Crippen LogP contribution >= 0.6 is 11.6 Å². The molecule has 2 rings (SSSR count). The van der Waals surface area contributed by atoms with Crippen LogP contribution in [0.3, 0.4) is 0 Å². The number of pyridine rings is 1. The molecule has 0 radical (unpaired) electrons. The molecule has 0 aliphatic rings. The normalized spacial score (nSPS) is 13.0. The molecule has 0 aliphatic heterocycles. The van der Waals surface area contributed by atoms with Crippen LogP contribution in [-0.4, -0.2) is 4.57 Å². The molecule has 0 saturated heterocycles. The number of nitrogens with zero attached hydrogens (tertiary/aromatic N) is 1. The van der Waals surface area contributed by atoms with Crippen LogP contribution < -0.4 is 11.3 Å². The van der Waals surface area contributed by atoms with Crippen molar-refractivity contribution in [1.82, 2.24) is 4.57 Å². The summed E-state index contributed by atoms with van der Waals surface area (Å²) >= 11 is 5.92. The number of rotatable bonds is 1. The highest BCUT2D eigenvalue weighted by Crippen LogP contribution is 2.19. The van der Waals surface area contributed by atoms with Gasteiger partial charge in [0, 0.05) is 29.1 Å². The molecule has 1 heterocycles. The van der Waals surface area contributed by atoms with E-state index in [0.29, 0.717) is 10.6 Å². The number of halogens is 1. The Morgan fingerprint density at radius 2 is 2.06 bits per heavy atom. The number of nitrogens with two attached hydrogens (primary N) is 1. The Kier molecular flexibility index (Phi) is 2.74. The van der Waals surface area contributed by atoms with Crippen LogP contribution in [0.1, 0.15) is 18.5 Å². The summed E-state index contributed by atoms with van der Waals surface area (Å²) in [5, 5.41) is 1.59. The molecular weight excluding hydrogens is 224 g/mol. The Morgan fingerprint density at radius 3 is 2.69 bits per heavy atom. The van der Waals surface area contributed by atoms with E-state index in [4.69, 9.17) is 17.3 Å². The summed E-state index contributed by atoms with van der Waals surface area (Å²) in [6.07, 6.45) is 0. The predicted octanol–water partition coefficient (Wildman–Crippen LogP) is 2.21. The largest absolute Gasteiger partial charge is 0.324 e. The Bertz CT molecular complexity index is 602. The molecule has 0 saturated carbocycles. The van der Waals surface area contributed by atoms with Crippen LogP contribution in [0.4, 0.5) is 0 Å². The molecule has 1 atom stereocenters. The zero-order valence-corrected chi connectivity index (χ0v) is 9.95. The fourth-order valence-electron chi connectivity index (χ4n) is 1.80. The minimum absolute atomic E-state index is 0.0511. The van der Waals surface area contributed by atoms with Crippen molar-refractivity contribution in [1.29, 1.82) is 0 Å². The van der Waals surface area contributed by atoms with E-state index in [1.807, 2.05) is 18.2 Å². The second-order valence-corrected chi connectivity index (χ2v) is 4.39. The maximum Gasteiger partial charge on any atom is 0.255 e. The minimum atomic E-state index is -0.276. The highest BCUT2D eigenvalue weighted by molar-refractivity contribution is 6.31. The zero-order valence-electron chi connectivity index (χ0n) is 9.20. The van der Waals surface area contributed by atoms with E-state index in [9.17, 15) is 4.79 Å². The Balaban J connectivity index is 2.89. The fourth-order valence-corrected chi connectivity index (χ4v) is 1.99. The first-order valence-electron chi connectivity index (χ1n) is 5.05.